The molecular formula is C16H17F3N4O. The van der Waals surface area contributed by atoms with Crippen LogP contribution in [-0.2, 0) is 6.18 Å². The summed E-state index contributed by atoms with van der Waals surface area (Å²) in [6.45, 7) is 4.78. The van der Waals surface area contributed by atoms with Gasteiger partial charge in [-0.25, -0.2) is 9.97 Å². The average molecular weight is 338 g/mol. The highest BCUT2D eigenvalue weighted by Crippen LogP contribution is 2.31. The van der Waals surface area contributed by atoms with Crippen molar-refractivity contribution in [3.8, 4) is 0 Å². The SMILES string of the molecule is CCN(CC)C(=O)c1ccnc(Nc2cccc(C(F)(F)F)c2)n1. The minimum atomic E-state index is -4.43. The minimum absolute atomic E-state index is 0.0623. The van der Waals surface area contributed by atoms with Crippen LogP contribution in [0.3, 0.4) is 0 Å². The summed E-state index contributed by atoms with van der Waals surface area (Å²) in [5, 5.41) is 2.69. The van der Waals surface area contributed by atoms with E-state index in [1.807, 2.05) is 13.8 Å². The molecule has 8 heteroatoms. The molecule has 0 aliphatic carbocycles. The molecule has 0 unspecified atom stereocenters. The number of halogens is 3. The molecule has 5 nitrogen and oxygen atoms in total. The van der Waals surface area contributed by atoms with Crippen LogP contribution in [0.4, 0.5) is 24.8 Å². The van der Waals surface area contributed by atoms with E-state index < -0.39 is 11.7 Å². The van der Waals surface area contributed by atoms with Gasteiger partial charge in [0, 0.05) is 25.0 Å². The maximum absolute atomic E-state index is 12.7. The summed E-state index contributed by atoms with van der Waals surface area (Å²) in [7, 11) is 0. The molecule has 0 atom stereocenters. The van der Waals surface area contributed by atoms with Gasteiger partial charge in [0.15, 0.2) is 0 Å². The van der Waals surface area contributed by atoms with E-state index in [4.69, 9.17) is 0 Å². The fourth-order valence-corrected chi connectivity index (χ4v) is 2.11. The first-order valence-electron chi connectivity index (χ1n) is 7.41. The Balaban J connectivity index is 2.23. The largest absolute Gasteiger partial charge is 0.416 e. The quantitative estimate of drug-likeness (QED) is 0.903. The second-order valence-corrected chi connectivity index (χ2v) is 4.95. The maximum atomic E-state index is 12.7. The van der Waals surface area contributed by atoms with Crippen LogP contribution in [-0.4, -0.2) is 33.9 Å². The number of hydrogen-bond donors (Lipinski definition) is 1. The van der Waals surface area contributed by atoms with E-state index >= 15 is 0 Å². The topological polar surface area (TPSA) is 58.1 Å². The van der Waals surface area contributed by atoms with Crippen LogP contribution in [0, 0.1) is 0 Å². The van der Waals surface area contributed by atoms with Crippen molar-refractivity contribution in [2.45, 2.75) is 20.0 Å². The molecule has 24 heavy (non-hydrogen) atoms. The highest BCUT2D eigenvalue weighted by Gasteiger charge is 2.30. The van der Waals surface area contributed by atoms with Gasteiger partial charge in [-0.3, -0.25) is 4.79 Å². The molecule has 1 N–H and O–H groups in total. The lowest BCUT2D eigenvalue weighted by Gasteiger charge is -2.18. The van der Waals surface area contributed by atoms with Crippen LogP contribution in [0.15, 0.2) is 36.5 Å². The van der Waals surface area contributed by atoms with E-state index in [9.17, 15) is 18.0 Å². The van der Waals surface area contributed by atoms with E-state index in [1.54, 1.807) is 4.90 Å². The van der Waals surface area contributed by atoms with Gasteiger partial charge in [0.05, 0.1) is 5.56 Å². The Bertz CT molecular complexity index is 714. The van der Waals surface area contributed by atoms with Gasteiger partial charge >= 0.3 is 6.18 Å². The van der Waals surface area contributed by atoms with Crippen molar-refractivity contribution in [3.63, 3.8) is 0 Å². The summed E-state index contributed by atoms with van der Waals surface area (Å²) in [5.41, 5.74) is -0.400. The normalized spacial score (nSPS) is 11.2. The molecule has 2 rings (SSSR count). The van der Waals surface area contributed by atoms with Crippen molar-refractivity contribution in [3.05, 3.63) is 47.8 Å². The van der Waals surface area contributed by atoms with Crippen molar-refractivity contribution in [2.24, 2.45) is 0 Å². The van der Waals surface area contributed by atoms with Crippen molar-refractivity contribution >= 4 is 17.5 Å². The Morgan fingerprint density at radius 2 is 1.92 bits per heavy atom. The summed E-state index contributed by atoms with van der Waals surface area (Å²) < 4.78 is 38.2. The lowest BCUT2D eigenvalue weighted by Crippen LogP contribution is -2.31. The van der Waals surface area contributed by atoms with Gasteiger partial charge in [0.2, 0.25) is 5.95 Å². The number of nitrogens with zero attached hydrogens (tertiary/aromatic N) is 3. The van der Waals surface area contributed by atoms with Crippen LogP contribution < -0.4 is 5.32 Å². The van der Waals surface area contributed by atoms with Crippen LogP contribution in [0.2, 0.25) is 0 Å². The lowest BCUT2D eigenvalue weighted by molar-refractivity contribution is -0.137. The van der Waals surface area contributed by atoms with Gasteiger partial charge in [0.25, 0.3) is 5.91 Å². The molecule has 0 bridgehead atoms. The van der Waals surface area contributed by atoms with Crippen molar-refractivity contribution in [2.75, 3.05) is 18.4 Å². The number of carbonyl (C=O) groups excluding carboxylic acids is 1. The molecule has 0 aliphatic rings. The van der Waals surface area contributed by atoms with Gasteiger partial charge in [-0.2, -0.15) is 13.2 Å². The monoisotopic (exact) mass is 338 g/mol. The second kappa shape index (κ2) is 7.29. The number of benzene rings is 1. The van der Waals surface area contributed by atoms with Gasteiger partial charge in [-0.15, -0.1) is 0 Å². The summed E-state index contributed by atoms with van der Waals surface area (Å²) in [4.78, 5) is 21.9. The fourth-order valence-electron chi connectivity index (χ4n) is 2.11. The molecule has 2 aromatic rings. The third kappa shape index (κ3) is 4.21. The van der Waals surface area contributed by atoms with E-state index in [2.05, 4.69) is 15.3 Å². The molecule has 0 saturated heterocycles. The number of amides is 1. The number of hydrogen-bond acceptors (Lipinski definition) is 4. The minimum Gasteiger partial charge on any atom is -0.338 e. The molecule has 0 aliphatic heterocycles. The number of aromatic nitrogens is 2. The number of alkyl halides is 3. The summed E-state index contributed by atoms with van der Waals surface area (Å²) in [6.07, 6.45) is -3.04. The Hall–Kier alpha value is -2.64. The smallest absolute Gasteiger partial charge is 0.338 e. The van der Waals surface area contributed by atoms with Crippen molar-refractivity contribution in [1.82, 2.24) is 14.9 Å². The fraction of sp³-hybridized carbons (Fsp3) is 0.312. The second-order valence-electron chi connectivity index (χ2n) is 4.95. The first-order valence-corrected chi connectivity index (χ1v) is 7.41. The first-order chi connectivity index (χ1) is 11.3. The molecule has 0 fully saturated rings. The zero-order chi connectivity index (χ0) is 17.7. The third-order valence-electron chi connectivity index (χ3n) is 3.37. The van der Waals surface area contributed by atoms with Crippen molar-refractivity contribution in [1.29, 1.82) is 0 Å². The average Bonchev–Trinajstić information content (AvgIpc) is 2.55. The van der Waals surface area contributed by atoms with E-state index in [0.29, 0.717) is 13.1 Å². The number of rotatable bonds is 5. The molecule has 1 amide bonds. The van der Waals surface area contributed by atoms with E-state index in [1.165, 1.54) is 24.4 Å². The Kier molecular flexibility index (Phi) is 5.38. The number of carbonyl (C=O) groups is 1. The van der Waals surface area contributed by atoms with Gasteiger partial charge < -0.3 is 10.2 Å². The molecule has 128 valence electrons. The molecule has 1 aromatic carbocycles. The molecule has 1 aromatic heterocycles. The summed E-state index contributed by atoms with van der Waals surface area (Å²) >= 11 is 0. The van der Waals surface area contributed by atoms with Gasteiger partial charge in [-0.1, -0.05) is 6.07 Å². The van der Waals surface area contributed by atoms with Gasteiger partial charge in [-0.05, 0) is 38.1 Å². The Morgan fingerprint density at radius 1 is 1.21 bits per heavy atom. The summed E-state index contributed by atoms with van der Waals surface area (Å²) in [5.74, 6) is -0.193. The summed E-state index contributed by atoms with van der Waals surface area (Å²) in [6, 6.07) is 6.17. The highest BCUT2D eigenvalue weighted by molar-refractivity contribution is 5.92. The molecule has 0 spiro atoms. The maximum Gasteiger partial charge on any atom is 0.416 e. The number of nitrogens with one attached hydrogen (secondary N) is 1. The molecule has 0 radical (unpaired) electrons. The van der Waals surface area contributed by atoms with Crippen molar-refractivity contribution < 1.29 is 18.0 Å². The van der Waals surface area contributed by atoms with Crippen LogP contribution in [0.25, 0.3) is 0 Å². The number of anilines is 2. The van der Waals surface area contributed by atoms with Crippen LogP contribution >= 0.6 is 0 Å². The molecule has 0 saturated carbocycles. The van der Waals surface area contributed by atoms with E-state index in [0.717, 1.165) is 12.1 Å². The third-order valence-corrected chi connectivity index (χ3v) is 3.37. The van der Waals surface area contributed by atoms with Crippen LogP contribution in [0.5, 0.6) is 0 Å². The molecular weight excluding hydrogens is 321 g/mol. The Morgan fingerprint density at radius 3 is 2.54 bits per heavy atom. The zero-order valence-corrected chi connectivity index (χ0v) is 13.3. The highest BCUT2D eigenvalue weighted by atomic mass is 19.4. The zero-order valence-electron chi connectivity index (χ0n) is 13.3. The first kappa shape index (κ1) is 17.7. The Labute approximate surface area is 137 Å². The van der Waals surface area contributed by atoms with Crippen LogP contribution in [0.1, 0.15) is 29.9 Å². The van der Waals surface area contributed by atoms with E-state index in [-0.39, 0.29) is 23.2 Å². The predicted molar refractivity (Wildman–Crippen MR) is 84.0 cm³/mol. The lowest BCUT2D eigenvalue weighted by atomic mass is 10.2. The standard InChI is InChI=1S/C16H17F3N4O/c1-3-23(4-2)14(24)13-8-9-20-15(22-13)21-12-7-5-6-11(10-12)16(17,18)19/h5-10H,3-4H2,1-2H3,(H,20,21,22). The predicted octanol–water partition coefficient (Wildman–Crippen LogP) is 3.72. The molecule has 1 heterocycles. The van der Waals surface area contributed by atoms with Gasteiger partial charge in [0.1, 0.15) is 5.69 Å².